The molecule has 2 aromatic rings. The number of fused-ring (bicyclic) bond motifs is 3. The Morgan fingerprint density at radius 3 is 2.14 bits per heavy atom. The number of halogens is 6. The van der Waals surface area contributed by atoms with Gasteiger partial charge in [-0.3, -0.25) is 14.4 Å². The van der Waals surface area contributed by atoms with Crippen molar-refractivity contribution >= 4 is 23.4 Å². The Morgan fingerprint density at radius 1 is 0.919 bits per heavy atom. The maximum Gasteiger partial charge on any atom is 0.455 e. The minimum absolute atomic E-state index is 0.238. The van der Waals surface area contributed by atoms with E-state index in [0.717, 1.165) is 18.2 Å². The van der Waals surface area contributed by atoms with Gasteiger partial charge >= 0.3 is 12.1 Å². The van der Waals surface area contributed by atoms with Gasteiger partial charge in [0, 0.05) is 12.1 Å². The molecule has 0 saturated heterocycles. The van der Waals surface area contributed by atoms with E-state index in [4.69, 9.17) is 0 Å². The lowest BCUT2D eigenvalue weighted by molar-refractivity contribution is -0.278. The Kier molecular flexibility index (Phi) is 6.72. The van der Waals surface area contributed by atoms with Crippen molar-refractivity contribution in [1.82, 2.24) is 10.6 Å². The Bertz CT molecular complexity index is 1230. The highest BCUT2D eigenvalue weighted by molar-refractivity contribution is 6.11. The highest BCUT2D eigenvalue weighted by Crippen LogP contribution is 2.42. The Morgan fingerprint density at radius 2 is 1.51 bits per heavy atom. The predicted octanol–water partition coefficient (Wildman–Crippen LogP) is 4.31. The Labute approximate surface area is 208 Å². The highest BCUT2D eigenvalue weighted by atomic mass is 19.4. The van der Waals surface area contributed by atoms with Gasteiger partial charge in [-0.05, 0) is 42.9 Å². The molecule has 1 aliphatic carbocycles. The zero-order valence-electron chi connectivity index (χ0n) is 19.5. The molecule has 2 N–H and O–H groups in total. The number of alkyl halides is 6. The summed E-state index contributed by atoms with van der Waals surface area (Å²) in [5, 5.41) is 3.34. The molecule has 0 spiro atoms. The normalized spacial score (nSPS) is 19.3. The van der Waals surface area contributed by atoms with E-state index in [0.29, 0.717) is 35.8 Å². The number of benzene rings is 2. The van der Waals surface area contributed by atoms with E-state index in [2.05, 4.69) is 5.32 Å². The largest absolute Gasteiger partial charge is 0.455 e. The number of nitrogens with one attached hydrogen (secondary N) is 2. The molecule has 2 aliphatic rings. The van der Waals surface area contributed by atoms with Gasteiger partial charge in [-0.25, -0.2) is 4.39 Å². The van der Waals surface area contributed by atoms with Gasteiger partial charge in [0.1, 0.15) is 6.04 Å². The molecule has 0 radical (unpaired) electrons. The summed E-state index contributed by atoms with van der Waals surface area (Å²) < 4.78 is 78.8. The third-order valence-corrected chi connectivity index (χ3v) is 6.42. The van der Waals surface area contributed by atoms with Crippen molar-refractivity contribution in [1.29, 1.82) is 0 Å². The number of hydrogen-bond donors (Lipinski definition) is 2. The molecule has 2 aromatic carbocycles. The zero-order chi connectivity index (χ0) is 27.2. The quantitative estimate of drug-likeness (QED) is 0.416. The van der Waals surface area contributed by atoms with Crippen LogP contribution in [0.3, 0.4) is 0 Å². The van der Waals surface area contributed by atoms with Crippen LogP contribution in [0.25, 0.3) is 11.1 Å². The van der Waals surface area contributed by atoms with Crippen LogP contribution in [0.5, 0.6) is 0 Å². The number of carbonyl (C=O) groups excluding carboxylic acids is 3. The third-order valence-electron chi connectivity index (χ3n) is 6.42. The molecule has 0 aromatic heterocycles. The van der Waals surface area contributed by atoms with Gasteiger partial charge in [-0.15, -0.1) is 0 Å². The molecule has 0 unspecified atom stereocenters. The summed E-state index contributed by atoms with van der Waals surface area (Å²) >= 11 is 0. The molecular formula is C25H23F6N3O3. The zero-order valence-corrected chi connectivity index (χ0v) is 19.5. The monoisotopic (exact) mass is 527 g/mol. The molecule has 6 nitrogen and oxygen atoms in total. The van der Waals surface area contributed by atoms with Crippen molar-refractivity contribution in [3.8, 4) is 11.1 Å². The fourth-order valence-corrected chi connectivity index (χ4v) is 4.05. The van der Waals surface area contributed by atoms with Gasteiger partial charge in [-0.2, -0.15) is 22.0 Å². The molecule has 37 heavy (non-hydrogen) atoms. The summed E-state index contributed by atoms with van der Waals surface area (Å²) in [7, 11) is 0. The van der Waals surface area contributed by atoms with Crippen LogP contribution in [0.15, 0.2) is 48.5 Å². The minimum atomic E-state index is -5.98. The Balaban J connectivity index is 1.62. The fourth-order valence-electron chi connectivity index (χ4n) is 4.05. The van der Waals surface area contributed by atoms with Gasteiger partial charge in [0.25, 0.3) is 23.4 Å². The average Bonchev–Trinajstić information content (AvgIpc) is 3.67. The lowest BCUT2D eigenvalue weighted by Gasteiger charge is -2.28. The van der Waals surface area contributed by atoms with Gasteiger partial charge in [0.05, 0.1) is 12.2 Å². The molecule has 2 atom stereocenters. The van der Waals surface area contributed by atoms with Crippen LogP contribution in [-0.4, -0.2) is 48.6 Å². The summed E-state index contributed by atoms with van der Waals surface area (Å²) in [4.78, 5) is 40.2. The summed E-state index contributed by atoms with van der Waals surface area (Å²) in [5.74, 6) is -9.35. The number of carbonyl (C=O) groups is 3. The first-order chi connectivity index (χ1) is 17.2. The number of amides is 3. The molecular weight excluding hydrogens is 504 g/mol. The average molecular weight is 527 g/mol. The molecule has 4 rings (SSSR count). The summed E-state index contributed by atoms with van der Waals surface area (Å²) in [6, 6.07) is 12.2. The third kappa shape index (κ3) is 5.14. The SMILES string of the molecule is C[C@](F)(C(=O)NCC(F)(F)C(F)(F)F)C(=O)N[C@@H]1C(=O)N(CC2CC2)c2ccccc2-c2ccccc21. The maximum absolute atomic E-state index is 15.2. The van der Waals surface area contributed by atoms with E-state index in [1.807, 2.05) is 0 Å². The lowest BCUT2D eigenvalue weighted by atomic mass is 9.94. The van der Waals surface area contributed by atoms with Gasteiger partial charge in [-0.1, -0.05) is 42.5 Å². The van der Waals surface area contributed by atoms with Crippen molar-refractivity contribution in [2.75, 3.05) is 18.0 Å². The standard InChI is InChI=1S/C25H23F6N3O3/c1-23(26,21(36)32-13-24(27,28)25(29,30)31)22(37)33-19-17-8-3-2-6-15(17)16-7-4-5-9-18(16)34(20(19)35)12-14-10-11-14/h2-9,14,19H,10-13H2,1H3,(H,32,36)(H,33,37)/t19-,23-/m0/s1. The molecule has 1 fully saturated rings. The number of nitrogens with zero attached hydrogens (tertiary/aromatic N) is 1. The van der Waals surface area contributed by atoms with E-state index in [1.54, 1.807) is 48.5 Å². The van der Waals surface area contributed by atoms with E-state index in [-0.39, 0.29) is 5.92 Å². The smallest absolute Gasteiger partial charge is 0.346 e. The topological polar surface area (TPSA) is 78.5 Å². The molecule has 1 heterocycles. The van der Waals surface area contributed by atoms with Crippen LogP contribution in [0.4, 0.5) is 32.0 Å². The second kappa shape index (κ2) is 9.38. The number of rotatable bonds is 7. The van der Waals surface area contributed by atoms with E-state index < -0.39 is 48.1 Å². The van der Waals surface area contributed by atoms with Crippen molar-refractivity contribution < 1.29 is 40.7 Å². The van der Waals surface area contributed by atoms with Crippen LogP contribution in [-0.2, 0) is 14.4 Å². The maximum atomic E-state index is 15.2. The first kappa shape index (κ1) is 26.5. The lowest BCUT2D eigenvalue weighted by Crippen LogP contribution is -2.57. The predicted molar refractivity (Wildman–Crippen MR) is 121 cm³/mol. The van der Waals surface area contributed by atoms with Crippen molar-refractivity contribution in [2.24, 2.45) is 5.92 Å². The van der Waals surface area contributed by atoms with Crippen LogP contribution in [0, 0.1) is 5.92 Å². The second-order valence-corrected chi connectivity index (χ2v) is 9.29. The number of hydrogen-bond acceptors (Lipinski definition) is 3. The van der Waals surface area contributed by atoms with Crippen molar-refractivity contribution in [2.45, 2.75) is 43.6 Å². The molecule has 3 amide bonds. The minimum Gasteiger partial charge on any atom is -0.346 e. The number of anilines is 1. The van der Waals surface area contributed by atoms with E-state index in [9.17, 15) is 36.3 Å². The Hall–Kier alpha value is -3.57. The molecule has 12 heteroatoms. The van der Waals surface area contributed by atoms with Gasteiger partial charge in [0.2, 0.25) is 0 Å². The molecule has 1 saturated carbocycles. The van der Waals surface area contributed by atoms with Crippen LogP contribution < -0.4 is 15.5 Å². The van der Waals surface area contributed by atoms with Crippen LogP contribution in [0.2, 0.25) is 0 Å². The van der Waals surface area contributed by atoms with Gasteiger partial charge in [0.15, 0.2) is 0 Å². The van der Waals surface area contributed by atoms with Crippen LogP contribution >= 0.6 is 0 Å². The second-order valence-electron chi connectivity index (χ2n) is 9.29. The van der Waals surface area contributed by atoms with Gasteiger partial charge < -0.3 is 15.5 Å². The number of para-hydroxylation sites is 1. The van der Waals surface area contributed by atoms with E-state index >= 15 is 4.39 Å². The van der Waals surface area contributed by atoms with Crippen molar-refractivity contribution in [3.05, 3.63) is 54.1 Å². The summed E-state index contributed by atoms with van der Waals surface area (Å²) in [6.45, 7) is -1.49. The van der Waals surface area contributed by atoms with Crippen LogP contribution in [0.1, 0.15) is 31.4 Å². The first-order valence-corrected chi connectivity index (χ1v) is 11.5. The fraction of sp³-hybridized carbons (Fsp3) is 0.400. The molecule has 198 valence electrons. The van der Waals surface area contributed by atoms with Crippen molar-refractivity contribution in [3.63, 3.8) is 0 Å². The first-order valence-electron chi connectivity index (χ1n) is 11.5. The summed E-state index contributed by atoms with van der Waals surface area (Å²) in [5.41, 5.74) is -1.40. The molecule has 1 aliphatic heterocycles. The summed E-state index contributed by atoms with van der Waals surface area (Å²) in [6.07, 6.45) is -4.17. The van der Waals surface area contributed by atoms with E-state index in [1.165, 1.54) is 4.90 Å². The highest BCUT2D eigenvalue weighted by Gasteiger charge is 2.58. The molecule has 0 bridgehead atoms.